The topological polar surface area (TPSA) is 35.4 Å². The number of nitrogens with zero attached hydrogens (tertiary/aromatic N) is 1. The predicted octanol–water partition coefficient (Wildman–Crippen LogP) is -0.0958. The zero-order chi connectivity index (χ0) is 6.53. The summed E-state index contributed by atoms with van der Waals surface area (Å²) in [5.74, 6) is 0. The van der Waals surface area contributed by atoms with Crippen LogP contribution in [-0.2, 0) is 4.74 Å². The van der Waals surface area contributed by atoms with Gasteiger partial charge in [0.2, 0.25) is 0 Å². The van der Waals surface area contributed by atoms with Crippen LogP contribution in [0.3, 0.4) is 0 Å². The molecule has 0 aliphatic carbocycles. The first-order chi connectivity index (χ1) is 4.43. The van der Waals surface area contributed by atoms with Gasteiger partial charge in [-0.15, -0.1) is 0 Å². The molecule has 1 saturated heterocycles. The predicted molar refractivity (Wildman–Crippen MR) is 35.0 cm³/mol. The molecule has 1 aliphatic rings. The van der Waals surface area contributed by atoms with Gasteiger partial charge in [-0.3, -0.25) is 0 Å². The number of ether oxygens (including phenoxy) is 1. The van der Waals surface area contributed by atoms with E-state index in [2.05, 4.69) is 10.9 Å². The monoisotopic (exact) mass is 129 g/mol. The number of rotatable bonds is 2. The van der Waals surface area contributed by atoms with Gasteiger partial charge in [-0.2, -0.15) is 5.43 Å². The molecule has 1 aliphatic heterocycles. The second-order valence-corrected chi connectivity index (χ2v) is 2.31. The number of nitrogens with one attached hydrogen (secondary N) is 1. The Morgan fingerprint density at radius 3 is 3.22 bits per heavy atom. The van der Waals surface area contributed by atoms with E-state index in [-0.39, 0.29) is 0 Å². The fraction of sp³-hybridized carbons (Fsp3) is 1.00. The first-order valence-corrected chi connectivity index (χ1v) is 3.34. The van der Waals surface area contributed by atoms with Crippen LogP contribution < -0.4 is 10.9 Å². The van der Waals surface area contributed by atoms with Crippen molar-refractivity contribution in [3.63, 3.8) is 0 Å². The van der Waals surface area contributed by atoms with Gasteiger partial charge in [0.1, 0.15) is 0 Å². The maximum atomic E-state index is 4.96. The molecular formula is C6H13N2O. The molecule has 1 fully saturated rings. The molecule has 0 spiro atoms. The molecule has 1 unspecified atom stereocenters. The first kappa shape index (κ1) is 6.99. The summed E-state index contributed by atoms with van der Waals surface area (Å²) in [6, 6.07) is 0.462. The van der Waals surface area contributed by atoms with Gasteiger partial charge < -0.3 is 4.74 Å². The van der Waals surface area contributed by atoms with Gasteiger partial charge in [0, 0.05) is 19.7 Å². The molecule has 0 aromatic rings. The van der Waals surface area contributed by atoms with Crippen LogP contribution in [0.2, 0.25) is 0 Å². The summed E-state index contributed by atoms with van der Waals surface area (Å²) in [4.78, 5) is 0. The summed E-state index contributed by atoms with van der Waals surface area (Å²) in [5, 5.41) is 0. The van der Waals surface area contributed by atoms with Gasteiger partial charge in [-0.25, -0.2) is 5.43 Å². The van der Waals surface area contributed by atoms with Crippen molar-refractivity contribution >= 4 is 0 Å². The van der Waals surface area contributed by atoms with Gasteiger partial charge in [0.15, 0.2) is 0 Å². The molecule has 0 saturated carbocycles. The van der Waals surface area contributed by atoms with E-state index in [1.807, 2.05) is 0 Å². The average Bonchev–Trinajstić information content (AvgIpc) is 1.91. The van der Waals surface area contributed by atoms with Crippen molar-refractivity contribution in [2.75, 3.05) is 20.3 Å². The average molecular weight is 129 g/mol. The Balaban J connectivity index is 2.08. The van der Waals surface area contributed by atoms with Gasteiger partial charge >= 0.3 is 0 Å². The number of methoxy groups -OCH3 is 1. The van der Waals surface area contributed by atoms with Crippen molar-refractivity contribution in [1.29, 1.82) is 0 Å². The summed E-state index contributed by atoms with van der Waals surface area (Å²) >= 11 is 0. The standard InChI is InChI=1S/C6H13N2O/c1-9-5-6-3-2-4-7-8-6/h6,8H,2-5H2,1H3. The van der Waals surface area contributed by atoms with Crippen LogP contribution in [0.25, 0.3) is 0 Å². The number of hydrogen-bond acceptors (Lipinski definition) is 2. The molecule has 1 heterocycles. The molecule has 0 amide bonds. The highest BCUT2D eigenvalue weighted by atomic mass is 16.5. The molecule has 1 atom stereocenters. The molecule has 53 valence electrons. The molecule has 3 heteroatoms. The maximum Gasteiger partial charge on any atom is 0.0630 e. The Bertz CT molecular complexity index is 68.7. The summed E-state index contributed by atoms with van der Waals surface area (Å²) in [7, 11) is 1.72. The smallest absolute Gasteiger partial charge is 0.0630 e. The Morgan fingerprint density at radius 2 is 2.67 bits per heavy atom. The third kappa shape index (κ3) is 2.30. The lowest BCUT2D eigenvalue weighted by Crippen LogP contribution is -2.43. The van der Waals surface area contributed by atoms with Crippen molar-refractivity contribution in [1.82, 2.24) is 10.9 Å². The molecule has 0 bridgehead atoms. The minimum atomic E-state index is 0.462. The Labute approximate surface area is 55.7 Å². The number of hydrogen-bond donors (Lipinski definition) is 1. The van der Waals surface area contributed by atoms with E-state index in [1.165, 1.54) is 12.8 Å². The minimum Gasteiger partial charge on any atom is -0.383 e. The van der Waals surface area contributed by atoms with Crippen LogP contribution in [0.1, 0.15) is 12.8 Å². The molecule has 1 N–H and O–H groups in total. The van der Waals surface area contributed by atoms with Crippen molar-refractivity contribution in [3.8, 4) is 0 Å². The second kappa shape index (κ2) is 3.82. The fourth-order valence-electron chi connectivity index (χ4n) is 0.997. The van der Waals surface area contributed by atoms with Crippen molar-refractivity contribution in [3.05, 3.63) is 0 Å². The molecule has 3 nitrogen and oxygen atoms in total. The first-order valence-electron chi connectivity index (χ1n) is 3.34. The largest absolute Gasteiger partial charge is 0.383 e. The van der Waals surface area contributed by atoms with Crippen LogP contribution in [-0.4, -0.2) is 26.3 Å². The van der Waals surface area contributed by atoms with E-state index in [9.17, 15) is 0 Å². The molecule has 0 aromatic carbocycles. The van der Waals surface area contributed by atoms with E-state index >= 15 is 0 Å². The third-order valence-corrected chi connectivity index (χ3v) is 1.46. The van der Waals surface area contributed by atoms with Gasteiger partial charge in [-0.1, -0.05) is 0 Å². The van der Waals surface area contributed by atoms with Crippen molar-refractivity contribution in [2.45, 2.75) is 18.9 Å². The van der Waals surface area contributed by atoms with Gasteiger partial charge in [0.25, 0.3) is 0 Å². The zero-order valence-corrected chi connectivity index (χ0v) is 5.76. The highest BCUT2D eigenvalue weighted by Crippen LogP contribution is 2.00. The summed E-state index contributed by atoms with van der Waals surface area (Å²) in [5.41, 5.74) is 7.07. The Kier molecular flexibility index (Phi) is 2.97. The van der Waals surface area contributed by atoms with Gasteiger partial charge in [0.05, 0.1) is 6.61 Å². The second-order valence-electron chi connectivity index (χ2n) is 2.31. The molecule has 9 heavy (non-hydrogen) atoms. The molecule has 1 radical (unpaired) electrons. The normalized spacial score (nSPS) is 28.3. The summed E-state index contributed by atoms with van der Waals surface area (Å²) < 4.78 is 4.96. The van der Waals surface area contributed by atoms with E-state index in [4.69, 9.17) is 4.74 Å². The Hall–Kier alpha value is -0.120. The van der Waals surface area contributed by atoms with Crippen LogP contribution in [0.5, 0.6) is 0 Å². The van der Waals surface area contributed by atoms with E-state index < -0.39 is 0 Å². The van der Waals surface area contributed by atoms with Crippen LogP contribution in [0, 0.1) is 0 Å². The van der Waals surface area contributed by atoms with Crippen LogP contribution in [0.4, 0.5) is 0 Å². The summed E-state index contributed by atoms with van der Waals surface area (Å²) in [6.45, 7) is 1.74. The lowest BCUT2D eigenvalue weighted by molar-refractivity contribution is 0.142. The van der Waals surface area contributed by atoms with E-state index in [0.717, 1.165) is 13.2 Å². The van der Waals surface area contributed by atoms with E-state index in [1.54, 1.807) is 7.11 Å². The lowest BCUT2D eigenvalue weighted by Gasteiger charge is -2.21. The molecule has 1 rings (SSSR count). The fourth-order valence-corrected chi connectivity index (χ4v) is 0.997. The van der Waals surface area contributed by atoms with Crippen LogP contribution >= 0.6 is 0 Å². The summed E-state index contributed by atoms with van der Waals surface area (Å²) in [6.07, 6.45) is 2.39. The van der Waals surface area contributed by atoms with E-state index in [0.29, 0.717) is 6.04 Å². The highest BCUT2D eigenvalue weighted by Gasteiger charge is 2.11. The van der Waals surface area contributed by atoms with Crippen molar-refractivity contribution in [2.24, 2.45) is 0 Å². The SMILES string of the molecule is COCC1CCC[N]N1. The maximum absolute atomic E-state index is 4.96. The van der Waals surface area contributed by atoms with Gasteiger partial charge in [-0.05, 0) is 12.8 Å². The third-order valence-electron chi connectivity index (χ3n) is 1.46. The quantitative estimate of drug-likeness (QED) is 0.565. The molecular weight excluding hydrogens is 116 g/mol. The Morgan fingerprint density at radius 1 is 1.78 bits per heavy atom. The minimum absolute atomic E-state index is 0.462. The lowest BCUT2D eigenvalue weighted by atomic mass is 10.1. The van der Waals surface area contributed by atoms with Crippen LogP contribution in [0.15, 0.2) is 0 Å². The zero-order valence-electron chi connectivity index (χ0n) is 5.76. The van der Waals surface area contributed by atoms with Crippen molar-refractivity contribution < 1.29 is 4.74 Å². The highest BCUT2D eigenvalue weighted by molar-refractivity contribution is 4.67. The molecule has 0 aromatic heterocycles.